The van der Waals surface area contributed by atoms with Gasteiger partial charge in [-0.15, -0.1) is 6.42 Å². The number of benzene rings is 1. The lowest BCUT2D eigenvalue weighted by molar-refractivity contribution is 0.430. The molecule has 0 amide bonds. The molecule has 2 N–H and O–H groups in total. The molecule has 1 fully saturated rings. The van der Waals surface area contributed by atoms with Gasteiger partial charge < -0.3 is 5.73 Å². The van der Waals surface area contributed by atoms with Gasteiger partial charge in [-0.25, -0.2) is 8.42 Å². The number of terminal acetylenes is 1. The van der Waals surface area contributed by atoms with Gasteiger partial charge in [0.2, 0.25) is 10.0 Å². The van der Waals surface area contributed by atoms with E-state index in [0.29, 0.717) is 18.0 Å². The molecule has 1 aromatic carbocycles. The maximum absolute atomic E-state index is 12.6. The molecule has 0 aliphatic heterocycles. The second kappa shape index (κ2) is 5.54. The summed E-state index contributed by atoms with van der Waals surface area (Å²) in [7, 11) is -3.72. The number of hydrogen-bond donors (Lipinski definition) is 1. The average Bonchev–Trinajstić information content (AvgIpc) is 3.21. The van der Waals surface area contributed by atoms with Crippen LogP contribution >= 0.6 is 0 Å². The van der Waals surface area contributed by atoms with Crippen LogP contribution < -0.4 is 5.73 Å². The van der Waals surface area contributed by atoms with E-state index in [-0.39, 0.29) is 17.1 Å². The molecule has 0 bridgehead atoms. The molecule has 0 atom stereocenters. The summed E-state index contributed by atoms with van der Waals surface area (Å²) in [6, 6.07) is 6.08. The number of hydrogen-bond acceptors (Lipinski definition) is 4. The zero-order chi connectivity index (χ0) is 14.8. The minimum absolute atomic E-state index is 0.00685. The molecule has 20 heavy (non-hydrogen) atoms. The predicted octanol–water partition coefficient (Wildman–Crippen LogP) is 1.17. The van der Waals surface area contributed by atoms with Crippen molar-refractivity contribution in [2.24, 2.45) is 5.92 Å². The van der Waals surface area contributed by atoms with Gasteiger partial charge in [0, 0.05) is 6.54 Å². The fraction of sp³-hybridized carbons (Fsp3) is 0.357. The summed E-state index contributed by atoms with van der Waals surface area (Å²) in [5.74, 6) is 2.76. The number of anilines is 1. The van der Waals surface area contributed by atoms with Crippen LogP contribution in [-0.2, 0) is 10.0 Å². The number of nitrogens with zero attached hydrogens (tertiary/aromatic N) is 2. The highest BCUT2D eigenvalue weighted by molar-refractivity contribution is 7.89. The summed E-state index contributed by atoms with van der Waals surface area (Å²) in [6.45, 7) is 0.449. The van der Waals surface area contributed by atoms with E-state index in [1.54, 1.807) is 0 Å². The molecule has 6 heteroatoms. The van der Waals surface area contributed by atoms with Gasteiger partial charge in [-0.05, 0) is 37.0 Å². The highest BCUT2D eigenvalue weighted by Crippen LogP contribution is 2.32. The molecule has 1 aromatic rings. The van der Waals surface area contributed by atoms with Crippen LogP contribution in [0, 0.1) is 29.6 Å². The molecule has 0 spiro atoms. The van der Waals surface area contributed by atoms with Gasteiger partial charge in [-0.2, -0.15) is 9.57 Å². The van der Waals surface area contributed by atoms with Gasteiger partial charge in [0.1, 0.15) is 4.90 Å². The van der Waals surface area contributed by atoms with Crippen LogP contribution in [0.4, 0.5) is 5.69 Å². The van der Waals surface area contributed by atoms with Gasteiger partial charge in [-0.3, -0.25) is 0 Å². The van der Waals surface area contributed by atoms with Gasteiger partial charge >= 0.3 is 0 Å². The SMILES string of the molecule is C#CCN(CC1CC1)S(=O)(=O)c1ccc(C#N)cc1N. The Balaban J connectivity index is 2.36. The number of sulfonamides is 1. The Labute approximate surface area is 119 Å². The third-order valence-electron chi connectivity index (χ3n) is 3.18. The van der Waals surface area contributed by atoms with Crippen molar-refractivity contribution >= 4 is 15.7 Å². The van der Waals surface area contributed by atoms with Gasteiger partial charge in [0.25, 0.3) is 0 Å². The summed E-state index contributed by atoms with van der Waals surface area (Å²) < 4.78 is 26.4. The Morgan fingerprint density at radius 1 is 1.45 bits per heavy atom. The third-order valence-corrected chi connectivity index (χ3v) is 5.07. The summed E-state index contributed by atoms with van der Waals surface area (Å²) in [5.41, 5.74) is 6.15. The second-order valence-corrected chi connectivity index (χ2v) is 6.72. The fourth-order valence-electron chi connectivity index (χ4n) is 1.93. The Bertz CT molecular complexity index is 694. The first-order valence-corrected chi connectivity index (χ1v) is 7.66. The van der Waals surface area contributed by atoms with Crippen LogP contribution in [0.15, 0.2) is 23.1 Å². The quantitative estimate of drug-likeness (QED) is 0.651. The smallest absolute Gasteiger partial charge is 0.246 e. The van der Waals surface area contributed by atoms with Crippen molar-refractivity contribution in [1.82, 2.24) is 4.31 Å². The Kier molecular flexibility index (Phi) is 3.99. The zero-order valence-corrected chi connectivity index (χ0v) is 11.7. The molecule has 104 valence electrons. The van der Waals surface area contributed by atoms with Gasteiger partial charge in [0.05, 0.1) is 23.9 Å². The van der Waals surface area contributed by atoms with E-state index in [0.717, 1.165) is 12.8 Å². The Morgan fingerprint density at radius 3 is 2.65 bits per heavy atom. The van der Waals surface area contributed by atoms with Gasteiger partial charge in [0.15, 0.2) is 0 Å². The van der Waals surface area contributed by atoms with Crippen molar-refractivity contribution in [2.75, 3.05) is 18.8 Å². The van der Waals surface area contributed by atoms with Crippen LogP contribution in [0.2, 0.25) is 0 Å². The van der Waals surface area contributed by atoms with E-state index < -0.39 is 10.0 Å². The molecular formula is C14H15N3O2S. The summed E-state index contributed by atoms with van der Waals surface area (Å²) in [6.07, 6.45) is 7.31. The second-order valence-electron chi connectivity index (χ2n) is 4.81. The molecule has 0 unspecified atom stereocenters. The zero-order valence-electron chi connectivity index (χ0n) is 10.9. The first-order chi connectivity index (χ1) is 9.48. The van der Waals surface area contributed by atoms with E-state index in [4.69, 9.17) is 17.4 Å². The topological polar surface area (TPSA) is 87.2 Å². The van der Waals surface area contributed by atoms with Crippen LogP contribution in [0.25, 0.3) is 0 Å². The average molecular weight is 289 g/mol. The maximum Gasteiger partial charge on any atom is 0.246 e. The summed E-state index contributed by atoms with van der Waals surface area (Å²) in [4.78, 5) is 0.00685. The number of rotatable bonds is 5. The first-order valence-electron chi connectivity index (χ1n) is 6.22. The Hall–Kier alpha value is -2.02. The van der Waals surface area contributed by atoms with E-state index >= 15 is 0 Å². The van der Waals surface area contributed by atoms with Crippen molar-refractivity contribution in [3.05, 3.63) is 23.8 Å². The molecule has 1 aliphatic rings. The fourth-order valence-corrected chi connectivity index (χ4v) is 3.46. The maximum atomic E-state index is 12.6. The normalized spacial score (nSPS) is 14.8. The van der Waals surface area contributed by atoms with Crippen molar-refractivity contribution < 1.29 is 8.42 Å². The molecule has 1 aliphatic carbocycles. The van der Waals surface area contributed by atoms with Gasteiger partial charge in [-0.1, -0.05) is 5.92 Å². The summed E-state index contributed by atoms with van der Waals surface area (Å²) >= 11 is 0. The highest BCUT2D eigenvalue weighted by atomic mass is 32.2. The standard InChI is InChI=1S/C14H15N3O2S/c1-2-7-17(10-11-3-4-11)20(18,19)14-6-5-12(9-15)8-13(14)16/h1,5-6,8,11H,3-4,7,10,16H2. The molecule has 2 rings (SSSR count). The first kappa shape index (κ1) is 14.4. The van der Waals surface area contributed by atoms with E-state index in [1.165, 1.54) is 22.5 Å². The van der Waals surface area contributed by atoms with Crippen molar-refractivity contribution in [1.29, 1.82) is 5.26 Å². The van der Waals surface area contributed by atoms with E-state index in [1.807, 2.05) is 6.07 Å². The molecular weight excluding hydrogens is 274 g/mol. The molecule has 0 aromatic heterocycles. The monoisotopic (exact) mass is 289 g/mol. The number of nitrogens with two attached hydrogens (primary N) is 1. The van der Waals surface area contributed by atoms with Crippen molar-refractivity contribution in [3.63, 3.8) is 0 Å². The lowest BCUT2D eigenvalue weighted by atomic mass is 10.2. The Morgan fingerprint density at radius 2 is 2.15 bits per heavy atom. The lowest BCUT2D eigenvalue weighted by Crippen LogP contribution is -2.33. The van der Waals surface area contributed by atoms with Crippen LogP contribution in [0.1, 0.15) is 18.4 Å². The summed E-state index contributed by atoms with van der Waals surface area (Å²) in [5, 5.41) is 8.78. The largest absolute Gasteiger partial charge is 0.398 e. The third kappa shape index (κ3) is 2.93. The molecule has 0 heterocycles. The van der Waals surface area contributed by atoms with Crippen molar-refractivity contribution in [3.8, 4) is 18.4 Å². The van der Waals surface area contributed by atoms with Crippen LogP contribution in [0.5, 0.6) is 0 Å². The molecule has 5 nitrogen and oxygen atoms in total. The van der Waals surface area contributed by atoms with E-state index in [9.17, 15) is 8.42 Å². The number of nitriles is 1. The highest BCUT2D eigenvalue weighted by Gasteiger charge is 2.32. The number of nitrogen functional groups attached to an aromatic ring is 1. The van der Waals surface area contributed by atoms with Crippen LogP contribution in [0.3, 0.4) is 0 Å². The minimum Gasteiger partial charge on any atom is -0.398 e. The minimum atomic E-state index is -3.72. The predicted molar refractivity (Wildman–Crippen MR) is 75.9 cm³/mol. The van der Waals surface area contributed by atoms with Crippen molar-refractivity contribution in [2.45, 2.75) is 17.7 Å². The molecule has 1 saturated carbocycles. The lowest BCUT2D eigenvalue weighted by Gasteiger charge is -2.20. The van der Waals surface area contributed by atoms with Crippen LogP contribution in [-0.4, -0.2) is 25.8 Å². The molecule has 0 radical (unpaired) electrons. The molecule has 0 saturated heterocycles. The van der Waals surface area contributed by atoms with E-state index in [2.05, 4.69) is 5.92 Å².